The maximum absolute atomic E-state index is 12.4. The highest BCUT2D eigenvalue weighted by Crippen LogP contribution is 2.68. The Morgan fingerprint density at radius 3 is 2.93 bits per heavy atom. The number of hydrogen-bond donors (Lipinski definition) is 0. The van der Waals surface area contributed by atoms with Crippen LogP contribution in [0.15, 0.2) is 0 Å². The van der Waals surface area contributed by atoms with E-state index >= 15 is 0 Å². The SMILES string of the molecule is [2H]C([2H])([2H])C(=O)C12CC(C)(C)C([2H])([2H])C(=O)C1([2H])C2C. The van der Waals surface area contributed by atoms with Crippen molar-refractivity contribution < 1.29 is 17.8 Å². The van der Waals surface area contributed by atoms with Crippen molar-refractivity contribution in [2.75, 3.05) is 0 Å². The summed E-state index contributed by atoms with van der Waals surface area (Å²) < 4.78 is 46.0. The Kier molecular flexibility index (Phi) is 0.867. The first-order chi connectivity index (χ1) is 8.67. The molecule has 0 bridgehead atoms. The Morgan fingerprint density at radius 2 is 2.36 bits per heavy atom. The van der Waals surface area contributed by atoms with Gasteiger partial charge in [-0.25, -0.2) is 0 Å². The van der Waals surface area contributed by atoms with Crippen LogP contribution in [0.1, 0.15) is 48.6 Å². The van der Waals surface area contributed by atoms with Crippen LogP contribution >= 0.6 is 0 Å². The maximum atomic E-state index is 12.4. The summed E-state index contributed by atoms with van der Waals surface area (Å²) in [5.41, 5.74) is -2.76. The zero-order valence-electron chi connectivity index (χ0n) is 14.6. The number of carbonyl (C=O) groups excluding carboxylic acids is 2. The first-order valence-corrected chi connectivity index (χ1v) is 4.77. The first kappa shape index (κ1) is 4.91. The van der Waals surface area contributed by atoms with Crippen molar-refractivity contribution in [3.63, 3.8) is 0 Å². The number of rotatable bonds is 1. The van der Waals surface area contributed by atoms with Crippen molar-refractivity contribution in [1.82, 2.24) is 0 Å². The average Bonchev–Trinajstić information content (AvgIpc) is 2.74. The van der Waals surface area contributed by atoms with Gasteiger partial charge in [0, 0.05) is 25.9 Å². The van der Waals surface area contributed by atoms with Crippen LogP contribution in [0.4, 0.5) is 0 Å². The van der Waals surface area contributed by atoms with Gasteiger partial charge in [0.15, 0.2) is 0 Å². The van der Waals surface area contributed by atoms with E-state index in [9.17, 15) is 9.59 Å². The number of hydrogen-bond acceptors (Lipinski definition) is 2. The molecule has 14 heavy (non-hydrogen) atoms. The van der Waals surface area contributed by atoms with Gasteiger partial charge in [-0.1, -0.05) is 20.8 Å². The fourth-order valence-corrected chi connectivity index (χ4v) is 2.70. The molecular formula is C12H18O2. The zero-order chi connectivity index (χ0) is 15.9. The predicted molar refractivity (Wildman–Crippen MR) is 53.8 cm³/mol. The fraction of sp³-hybridized carbons (Fsp3) is 0.833. The summed E-state index contributed by atoms with van der Waals surface area (Å²) >= 11 is 0. The van der Waals surface area contributed by atoms with E-state index in [0.29, 0.717) is 0 Å². The third kappa shape index (κ3) is 1.03. The van der Waals surface area contributed by atoms with E-state index in [4.69, 9.17) is 8.22 Å². The quantitative estimate of drug-likeness (QED) is 0.650. The summed E-state index contributed by atoms with van der Waals surface area (Å²) in [6.45, 7) is 1.62. The molecule has 78 valence electrons. The number of fused-ring (bicyclic) bond motifs is 1. The summed E-state index contributed by atoms with van der Waals surface area (Å²) in [4.78, 5) is 24.7. The third-order valence-electron chi connectivity index (χ3n) is 3.39. The lowest BCUT2D eigenvalue weighted by atomic mass is 9.70. The van der Waals surface area contributed by atoms with E-state index in [1.165, 1.54) is 20.8 Å². The molecule has 0 aromatic heterocycles. The lowest BCUT2D eigenvalue weighted by molar-refractivity contribution is -0.133. The molecule has 0 N–H and O–H groups in total. The molecule has 0 radical (unpaired) electrons. The minimum atomic E-state index is -2.88. The minimum Gasteiger partial charge on any atom is -0.299 e. The van der Waals surface area contributed by atoms with Crippen molar-refractivity contribution in [1.29, 1.82) is 0 Å². The Morgan fingerprint density at radius 1 is 1.71 bits per heavy atom. The van der Waals surface area contributed by atoms with Gasteiger partial charge in [0.25, 0.3) is 0 Å². The van der Waals surface area contributed by atoms with Crippen LogP contribution in [0, 0.1) is 22.6 Å². The van der Waals surface area contributed by atoms with E-state index < -0.39 is 47.4 Å². The van der Waals surface area contributed by atoms with E-state index in [-0.39, 0.29) is 6.42 Å². The molecule has 2 aliphatic carbocycles. The van der Waals surface area contributed by atoms with Crippen LogP contribution in [0.25, 0.3) is 0 Å². The van der Waals surface area contributed by atoms with Gasteiger partial charge in [-0.2, -0.15) is 0 Å². The van der Waals surface area contributed by atoms with Gasteiger partial charge >= 0.3 is 0 Å². The largest absolute Gasteiger partial charge is 0.299 e. The second-order valence-corrected chi connectivity index (χ2v) is 4.95. The van der Waals surface area contributed by atoms with Crippen LogP contribution in [0.3, 0.4) is 0 Å². The topological polar surface area (TPSA) is 34.1 Å². The van der Waals surface area contributed by atoms with Gasteiger partial charge in [-0.05, 0) is 24.6 Å². The normalized spacial score (nSPS) is 60.5. The van der Waals surface area contributed by atoms with E-state index in [1.807, 2.05) is 0 Å². The smallest absolute Gasteiger partial charge is 0.137 e. The van der Waals surface area contributed by atoms with Crippen molar-refractivity contribution in [2.24, 2.45) is 22.6 Å². The highest BCUT2D eigenvalue weighted by atomic mass is 16.1. The molecule has 2 aliphatic rings. The van der Waals surface area contributed by atoms with Crippen molar-refractivity contribution in [3.8, 4) is 0 Å². The molecule has 0 aliphatic heterocycles. The summed E-state index contributed by atoms with van der Waals surface area (Å²) in [7, 11) is 0. The molecule has 3 atom stereocenters. The molecule has 2 heteroatoms. The van der Waals surface area contributed by atoms with E-state index in [2.05, 4.69) is 0 Å². The number of ketones is 2. The van der Waals surface area contributed by atoms with Crippen molar-refractivity contribution in [3.05, 3.63) is 0 Å². The Labute approximate surface area is 93.5 Å². The Balaban J connectivity index is 2.59. The Bertz CT molecular complexity index is 509. The monoisotopic (exact) mass is 200 g/mol. The molecule has 0 aromatic carbocycles. The minimum absolute atomic E-state index is 0.0966. The van der Waals surface area contributed by atoms with Gasteiger partial charge < -0.3 is 0 Å². The van der Waals surface area contributed by atoms with Gasteiger partial charge in [0.1, 0.15) is 11.6 Å². The van der Waals surface area contributed by atoms with Gasteiger partial charge in [-0.15, -0.1) is 0 Å². The second kappa shape index (κ2) is 2.47. The first-order valence-electron chi connectivity index (χ1n) is 7.77. The van der Waals surface area contributed by atoms with Crippen LogP contribution in [-0.4, -0.2) is 11.6 Å². The maximum Gasteiger partial charge on any atom is 0.137 e. The molecular weight excluding hydrogens is 176 g/mol. The lowest BCUT2D eigenvalue weighted by Gasteiger charge is -2.33. The predicted octanol–water partition coefficient (Wildman–Crippen LogP) is 2.22. The van der Waals surface area contributed by atoms with E-state index in [0.717, 1.165) is 0 Å². The fourth-order valence-electron chi connectivity index (χ4n) is 2.70. The molecule has 0 amide bonds. The standard InChI is InChI=1S/C12H18O2/c1-7-10-9(14)5-11(3,4)6-12(7,10)8(2)13/h7,10H,5-6H2,1-4H3/i2D3,5D2,10D. The molecule has 0 heterocycles. The average molecular weight is 200 g/mol. The Hall–Kier alpha value is -0.660. The lowest BCUT2D eigenvalue weighted by Crippen LogP contribution is -2.34. The number of carbonyl (C=O) groups is 2. The summed E-state index contributed by atoms with van der Waals surface area (Å²) in [5, 5.41) is 0. The van der Waals surface area contributed by atoms with Crippen LogP contribution in [-0.2, 0) is 9.59 Å². The highest BCUT2D eigenvalue weighted by Gasteiger charge is 2.71. The summed E-state index contributed by atoms with van der Waals surface area (Å²) in [5.74, 6) is -4.76. The molecule has 2 nitrogen and oxygen atoms in total. The zero-order valence-corrected chi connectivity index (χ0v) is 8.60. The van der Waals surface area contributed by atoms with Crippen LogP contribution in [0.2, 0.25) is 0 Å². The van der Waals surface area contributed by atoms with Gasteiger partial charge in [0.2, 0.25) is 0 Å². The molecule has 0 aromatic rings. The van der Waals surface area contributed by atoms with Gasteiger partial charge in [-0.3, -0.25) is 9.59 Å². The van der Waals surface area contributed by atoms with E-state index in [1.54, 1.807) is 0 Å². The second-order valence-electron chi connectivity index (χ2n) is 4.95. The molecule has 0 spiro atoms. The van der Waals surface area contributed by atoms with Gasteiger partial charge in [0.05, 0.1) is 0 Å². The molecule has 3 unspecified atom stereocenters. The number of Topliss-reactive ketones (excluding diaryl/α,β-unsaturated/α-hetero) is 2. The molecule has 2 fully saturated rings. The summed E-state index contributed by atoms with van der Waals surface area (Å²) in [6.07, 6.45) is -2.33. The molecule has 2 rings (SSSR count). The van der Waals surface area contributed by atoms with Crippen molar-refractivity contribution >= 4 is 11.6 Å². The van der Waals surface area contributed by atoms with Crippen molar-refractivity contribution in [2.45, 2.75) is 40.4 Å². The van der Waals surface area contributed by atoms with Crippen LogP contribution < -0.4 is 0 Å². The third-order valence-corrected chi connectivity index (χ3v) is 3.39. The summed E-state index contributed by atoms with van der Waals surface area (Å²) in [6, 6.07) is 0. The highest BCUT2D eigenvalue weighted by molar-refractivity contribution is 5.99. The van der Waals surface area contributed by atoms with Crippen LogP contribution in [0.5, 0.6) is 0 Å². The molecule has 0 saturated heterocycles. The molecule has 2 saturated carbocycles.